The van der Waals surface area contributed by atoms with Crippen molar-refractivity contribution in [1.29, 1.82) is 0 Å². The summed E-state index contributed by atoms with van der Waals surface area (Å²) in [6, 6.07) is 49.5. The van der Waals surface area contributed by atoms with Gasteiger partial charge in [0.15, 0.2) is 0 Å². The van der Waals surface area contributed by atoms with E-state index in [1.165, 1.54) is 49.4 Å². The normalized spacial score (nSPS) is 16.6. The summed E-state index contributed by atoms with van der Waals surface area (Å²) in [5.74, 6) is 2.68. The van der Waals surface area contributed by atoms with E-state index < -0.39 is 0 Å². The van der Waals surface area contributed by atoms with Gasteiger partial charge in [-0.3, -0.25) is 4.99 Å². The van der Waals surface area contributed by atoms with Gasteiger partial charge in [0.1, 0.15) is 17.3 Å². The average Bonchev–Trinajstić information content (AvgIpc) is 3.41. The van der Waals surface area contributed by atoms with Crippen molar-refractivity contribution in [3.63, 3.8) is 0 Å². The van der Waals surface area contributed by atoms with Gasteiger partial charge < -0.3 is 10.1 Å². The lowest BCUT2D eigenvalue weighted by Gasteiger charge is -2.28. The van der Waals surface area contributed by atoms with Crippen LogP contribution in [0.3, 0.4) is 0 Å². The number of nitrogens with one attached hydrogen (secondary N) is 1. The van der Waals surface area contributed by atoms with Crippen LogP contribution >= 0.6 is 0 Å². The lowest BCUT2D eigenvalue weighted by atomic mass is 9.81. The van der Waals surface area contributed by atoms with Crippen LogP contribution in [0.2, 0.25) is 0 Å². The number of fused-ring (bicyclic) bond motifs is 9. The van der Waals surface area contributed by atoms with Crippen LogP contribution in [0.15, 0.2) is 157 Å². The van der Waals surface area contributed by atoms with Gasteiger partial charge >= 0.3 is 0 Å². The third kappa shape index (κ3) is 4.40. The Bertz CT molecular complexity index is 2630. The summed E-state index contributed by atoms with van der Waals surface area (Å²) in [5.41, 5.74) is 11.2. The topological polar surface area (TPSA) is 33.6 Å². The highest BCUT2D eigenvalue weighted by molar-refractivity contribution is 6.14. The minimum atomic E-state index is -0.236. The van der Waals surface area contributed by atoms with Crippen LogP contribution in [0.5, 0.6) is 11.5 Å². The second kappa shape index (κ2) is 10.9. The summed E-state index contributed by atoms with van der Waals surface area (Å²) in [5, 5.41) is 8.67. The first kappa shape index (κ1) is 28.8. The van der Waals surface area contributed by atoms with Gasteiger partial charge in [0.05, 0.1) is 6.04 Å². The molecular formula is C47H34N2O. The van der Waals surface area contributed by atoms with Crippen LogP contribution in [0.1, 0.15) is 47.7 Å². The summed E-state index contributed by atoms with van der Waals surface area (Å²) >= 11 is 0. The fourth-order valence-corrected chi connectivity index (χ4v) is 8.17. The molecule has 3 nitrogen and oxygen atoms in total. The van der Waals surface area contributed by atoms with Crippen molar-refractivity contribution < 1.29 is 4.74 Å². The molecule has 238 valence electrons. The van der Waals surface area contributed by atoms with Gasteiger partial charge in [-0.1, -0.05) is 153 Å². The van der Waals surface area contributed by atoms with Gasteiger partial charge in [-0.25, -0.2) is 0 Å². The monoisotopic (exact) mass is 642 g/mol. The molecule has 50 heavy (non-hydrogen) atoms. The maximum Gasteiger partial charge on any atom is 0.140 e. The van der Waals surface area contributed by atoms with Crippen LogP contribution in [0, 0.1) is 0 Å². The smallest absolute Gasteiger partial charge is 0.140 e. The van der Waals surface area contributed by atoms with Crippen molar-refractivity contribution in [3.05, 3.63) is 179 Å². The first-order valence-corrected chi connectivity index (χ1v) is 17.3. The molecule has 0 amide bonds. The molecule has 0 aromatic heterocycles. The summed E-state index contributed by atoms with van der Waals surface area (Å²) in [7, 11) is 0. The van der Waals surface area contributed by atoms with Gasteiger partial charge in [0.25, 0.3) is 0 Å². The molecule has 0 spiro atoms. The fourth-order valence-electron chi connectivity index (χ4n) is 8.17. The largest absolute Gasteiger partial charge is 0.456 e. The van der Waals surface area contributed by atoms with E-state index in [1.807, 2.05) is 0 Å². The van der Waals surface area contributed by atoms with E-state index in [0.717, 1.165) is 45.3 Å². The number of allylic oxidation sites excluding steroid dienone is 1. The zero-order valence-corrected chi connectivity index (χ0v) is 27.9. The maximum atomic E-state index is 6.98. The highest BCUT2D eigenvalue weighted by Gasteiger charge is 2.36. The van der Waals surface area contributed by atoms with Crippen molar-refractivity contribution in [3.8, 4) is 33.8 Å². The molecule has 7 aromatic rings. The van der Waals surface area contributed by atoms with E-state index >= 15 is 0 Å². The minimum absolute atomic E-state index is 0.202. The number of nitrogens with zero attached hydrogens (tertiary/aromatic N) is 1. The zero-order valence-electron chi connectivity index (χ0n) is 27.9. The van der Waals surface area contributed by atoms with Gasteiger partial charge in [0.2, 0.25) is 0 Å². The van der Waals surface area contributed by atoms with Crippen molar-refractivity contribution in [1.82, 2.24) is 5.32 Å². The molecule has 2 heterocycles. The van der Waals surface area contributed by atoms with Crippen molar-refractivity contribution in [2.45, 2.75) is 25.3 Å². The first-order chi connectivity index (χ1) is 24.5. The molecule has 0 saturated carbocycles. The second-order valence-corrected chi connectivity index (χ2v) is 14.0. The molecule has 0 bridgehead atoms. The van der Waals surface area contributed by atoms with Crippen LogP contribution < -0.4 is 10.1 Å². The third-order valence-electron chi connectivity index (χ3n) is 10.6. The summed E-state index contributed by atoms with van der Waals surface area (Å²) < 4.78 is 6.98. The van der Waals surface area contributed by atoms with Crippen LogP contribution in [-0.2, 0) is 5.41 Å². The van der Waals surface area contributed by atoms with E-state index in [2.05, 4.69) is 177 Å². The summed E-state index contributed by atoms with van der Waals surface area (Å²) in [6.07, 6.45) is 6.92. The van der Waals surface area contributed by atoms with Gasteiger partial charge in [-0.15, -0.1) is 0 Å². The van der Waals surface area contributed by atoms with Gasteiger partial charge in [-0.2, -0.15) is 0 Å². The van der Waals surface area contributed by atoms with E-state index in [1.54, 1.807) is 0 Å². The molecule has 0 saturated heterocycles. The van der Waals surface area contributed by atoms with Crippen molar-refractivity contribution in [2.75, 3.05) is 0 Å². The van der Waals surface area contributed by atoms with Crippen LogP contribution in [0.4, 0.5) is 0 Å². The Morgan fingerprint density at radius 3 is 2.04 bits per heavy atom. The fraction of sp³-hybridized carbons (Fsp3) is 0.0851. The van der Waals surface area contributed by atoms with E-state index in [9.17, 15) is 0 Å². The number of ether oxygens (including phenoxy) is 1. The van der Waals surface area contributed by atoms with E-state index in [-0.39, 0.29) is 11.5 Å². The Morgan fingerprint density at radius 2 is 1.22 bits per heavy atom. The van der Waals surface area contributed by atoms with Crippen molar-refractivity contribution in [2.24, 2.45) is 4.99 Å². The number of amidine groups is 1. The molecular weight excluding hydrogens is 609 g/mol. The standard InChI is InChI=1S/C47H34N2O/c1-47(2)26-25-37-39(27-40-34-20-8-7-19-33(34)36-21-9-10-24-43(36)50-45(40)44(37)47)42-28-41(35-22-11-15-29-13-3-5-17-31(29)35)48-46(49-42)38-23-12-16-30-14-4-6-18-32(30)38/h3-28,41H,1-2H3,(H,48,49). The Morgan fingerprint density at radius 1 is 0.600 bits per heavy atom. The molecule has 1 aliphatic carbocycles. The number of rotatable bonds is 3. The maximum absolute atomic E-state index is 6.98. The van der Waals surface area contributed by atoms with Gasteiger partial charge in [0, 0.05) is 38.9 Å². The molecule has 10 rings (SSSR count). The predicted molar refractivity (Wildman–Crippen MR) is 208 cm³/mol. The molecule has 3 heteroatoms. The lowest BCUT2D eigenvalue weighted by Crippen LogP contribution is -2.28. The molecule has 1 unspecified atom stereocenters. The minimum Gasteiger partial charge on any atom is -0.456 e. The van der Waals surface area contributed by atoms with E-state index in [4.69, 9.17) is 9.73 Å². The first-order valence-electron chi connectivity index (χ1n) is 17.3. The SMILES string of the molecule is CC1(C)C=Cc2c(C3=CC(c4cccc5ccccc45)N=C(c4cccc5ccccc45)N3)cc3c(c21)Oc1ccccc1-c1ccccc1-3. The van der Waals surface area contributed by atoms with Crippen molar-refractivity contribution >= 4 is 39.2 Å². The lowest BCUT2D eigenvalue weighted by molar-refractivity contribution is 0.470. The van der Waals surface area contributed by atoms with E-state index in [0.29, 0.717) is 0 Å². The number of hydrogen-bond donors (Lipinski definition) is 1. The number of benzene rings is 7. The van der Waals surface area contributed by atoms with Gasteiger partial charge in [-0.05, 0) is 62.0 Å². The highest BCUT2D eigenvalue weighted by atomic mass is 16.5. The number of para-hydroxylation sites is 1. The Balaban J connectivity index is 1.24. The Kier molecular flexibility index (Phi) is 6.28. The molecule has 1 atom stereocenters. The Labute approximate surface area is 291 Å². The molecule has 0 fully saturated rings. The Hall–Kier alpha value is -6.19. The highest BCUT2D eigenvalue weighted by Crippen LogP contribution is 2.54. The molecule has 7 aromatic carbocycles. The number of aliphatic imine (C=N–C) groups is 1. The molecule has 1 N–H and O–H groups in total. The number of hydrogen-bond acceptors (Lipinski definition) is 3. The third-order valence-corrected chi connectivity index (χ3v) is 10.6. The van der Waals surface area contributed by atoms with Crippen LogP contribution in [-0.4, -0.2) is 5.84 Å². The average molecular weight is 643 g/mol. The predicted octanol–water partition coefficient (Wildman–Crippen LogP) is 11.9. The summed E-state index contributed by atoms with van der Waals surface area (Å²) in [6.45, 7) is 4.58. The van der Waals surface area contributed by atoms with Crippen LogP contribution in [0.25, 0.3) is 55.6 Å². The quantitative estimate of drug-likeness (QED) is 0.208. The molecule has 0 radical (unpaired) electrons. The zero-order chi connectivity index (χ0) is 33.4. The second-order valence-electron chi connectivity index (χ2n) is 14.0. The molecule has 2 aliphatic heterocycles. The summed E-state index contributed by atoms with van der Waals surface area (Å²) in [4.78, 5) is 5.47. The molecule has 3 aliphatic rings.